The molecular weight excluding hydrogens is 174 g/mol. The van der Waals surface area contributed by atoms with Crippen molar-refractivity contribution in [3.05, 3.63) is 36.5 Å². The van der Waals surface area contributed by atoms with Crippen molar-refractivity contribution in [3.63, 3.8) is 0 Å². The van der Waals surface area contributed by atoms with Crippen molar-refractivity contribution < 1.29 is 4.79 Å². The lowest BCUT2D eigenvalue weighted by Crippen LogP contribution is -2.18. The first-order valence-electron chi connectivity index (χ1n) is 4.89. The van der Waals surface area contributed by atoms with Crippen molar-refractivity contribution >= 4 is 5.78 Å². The summed E-state index contributed by atoms with van der Waals surface area (Å²) in [7, 11) is 1.77. The lowest BCUT2D eigenvalue weighted by Gasteiger charge is -2.00. The van der Waals surface area contributed by atoms with Crippen molar-refractivity contribution in [3.8, 4) is 0 Å². The van der Waals surface area contributed by atoms with Gasteiger partial charge >= 0.3 is 0 Å². The van der Waals surface area contributed by atoms with Crippen molar-refractivity contribution in [1.29, 1.82) is 0 Å². The molecule has 0 aromatic rings. The van der Waals surface area contributed by atoms with E-state index in [0.29, 0.717) is 13.0 Å². The normalized spacial score (nSPS) is 12.0. The Morgan fingerprint density at radius 2 is 2.21 bits per heavy atom. The molecule has 0 rings (SSSR count). The Balaban J connectivity index is 4.23. The summed E-state index contributed by atoms with van der Waals surface area (Å²) >= 11 is 0. The summed E-state index contributed by atoms with van der Waals surface area (Å²) < 4.78 is 0. The fourth-order valence-electron chi connectivity index (χ4n) is 1.08. The van der Waals surface area contributed by atoms with Crippen LogP contribution in [0, 0.1) is 0 Å². The number of ketones is 1. The van der Waals surface area contributed by atoms with Gasteiger partial charge in [0.25, 0.3) is 0 Å². The molecule has 2 nitrogen and oxygen atoms in total. The van der Waals surface area contributed by atoms with E-state index in [-0.39, 0.29) is 5.78 Å². The number of likely N-dealkylation sites (N-methyl/N-ethyl adjacent to an activating group) is 1. The number of nitrogens with one attached hydrogen (secondary N) is 1. The van der Waals surface area contributed by atoms with Crippen LogP contribution in [0.1, 0.15) is 19.8 Å². The van der Waals surface area contributed by atoms with Gasteiger partial charge in [-0.15, -0.1) is 0 Å². The highest BCUT2D eigenvalue weighted by Gasteiger charge is 2.01. The van der Waals surface area contributed by atoms with Crippen LogP contribution in [0.4, 0.5) is 0 Å². The fraction of sp³-hybridized carbons (Fsp3) is 0.417. The molecule has 2 heteroatoms. The number of allylic oxidation sites excluding steroid dienone is 5. The van der Waals surface area contributed by atoms with Gasteiger partial charge < -0.3 is 5.32 Å². The Morgan fingerprint density at radius 3 is 2.71 bits per heavy atom. The van der Waals surface area contributed by atoms with Gasteiger partial charge in [-0.25, -0.2) is 0 Å². The number of carbonyl (C=O) groups excluding carboxylic acids is 1. The van der Waals surface area contributed by atoms with Crippen LogP contribution in [0.15, 0.2) is 36.5 Å². The molecule has 0 spiro atoms. The third-order valence-corrected chi connectivity index (χ3v) is 1.67. The number of carbonyl (C=O) groups is 1. The minimum Gasteiger partial charge on any atom is -0.313 e. The third kappa shape index (κ3) is 6.38. The van der Waals surface area contributed by atoms with E-state index in [2.05, 4.69) is 18.8 Å². The molecule has 0 amide bonds. The van der Waals surface area contributed by atoms with E-state index in [1.807, 2.05) is 18.2 Å². The van der Waals surface area contributed by atoms with Gasteiger partial charge in [0.15, 0.2) is 5.78 Å². The smallest absolute Gasteiger partial charge is 0.150 e. The number of rotatable bonds is 7. The Labute approximate surface area is 86.4 Å². The molecule has 1 N–H and O–H groups in total. The Bertz CT molecular complexity index is 239. The van der Waals surface area contributed by atoms with E-state index in [0.717, 1.165) is 12.0 Å². The third-order valence-electron chi connectivity index (χ3n) is 1.67. The zero-order chi connectivity index (χ0) is 10.8. The largest absolute Gasteiger partial charge is 0.313 e. The SMILES string of the molecule is C=C/C=C(\C=C/CC)CC(=O)CNC. The first-order valence-corrected chi connectivity index (χ1v) is 4.89. The van der Waals surface area contributed by atoms with Crippen molar-refractivity contribution in [1.82, 2.24) is 5.32 Å². The van der Waals surface area contributed by atoms with Crippen LogP contribution in [0.5, 0.6) is 0 Å². The van der Waals surface area contributed by atoms with Crippen LogP contribution >= 0.6 is 0 Å². The van der Waals surface area contributed by atoms with Crippen LogP contribution in [-0.4, -0.2) is 19.4 Å². The Morgan fingerprint density at radius 1 is 1.50 bits per heavy atom. The minimum absolute atomic E-state index is 0.196. The molecule has 0 saturated heterocycles. The molecule has 0 unspecified atom stereocenters. The zero-order valence-corrected chi connectivity index (χ0v) is 9.05. The van der Waals surface area contributed by atoms with Crippen molar-refractivity contribution in [2.75, 3.05) is 13.6 Å². The van der Waals surface area contributed by atoms with Gasteiger partial charge in [-0.05, 0) is 19.0 Å². The van der Waals surface area contributed by atoms with Gasteiger partial charge in [-0.2, -0.15) is 0 Å². The average molecular weight is 193 g/mol. The summed E-state index contributed by atoms with van der Waals surface area (Å²) in [5.74, 6) is 0.196. The van der Waals surface area contributed by atoms with Crippen LogP contribution < -0.4 is 5.32 Å². The fourth-order valence-corrected chi connectivity index (χ4v) is 1.08. The van der Waals surface area contributed by atoms with E-state index in [1.54, 1.807) is 13.1 Å². The molecule has 0 aromatic carbocycles. The quantitative estimate of drug-likeness (QED) is 0.628. The van der Waals surface area contributed by atoms with Gasteiger partial charge in [0.1, 0.15) is 0 Å². The molecule has 0 aromatic heterocycles. The second-order valence-electron chi connectivity index (χ2n) is 3.03. The summed E-state index contributed by atoms with van der Waals surface area (Å²) in [5.41, 5.74) is 1.02. The van der Waals surface area contributed by atoms with Gasteiger partial charge in [-0.3, -0.25) is 4.79 Å². The number of Topliss-reactive ketones (excluding diaryl/α,β-unsaturated/α-hetero) is 1. The Hall–Kier alpha value is -1.15. The predicted octanol–water partition coefficient (Wildman–Crippen LogP) is 2.24. The van der Waals surface area contributed by atoms with E-state index in [4.69, 9.17) is 0 Å². The van der Waals surface area contributed by atoms with Crippen LogP contribution in [0.2, 0.25) is 0 Å². The van der Waals surface area contributed by atoms with E-state index in [9.17, 15) is 4.79 Å². The monoisotopic (exact) mass is 193 g/mol. The lowest BCUT2D eigenvalue weighted by atomic mass is 10.1. The molecule has 78 valence electrons. The molecule has 0 radical (unpaired) electrons. The van der Waals surface area contributed by atoms with Crippen LogP contribution in [-0.2, 0) is 4.79 Å². The van der Waals surface area contributed by atoms with Crippen molar-refractivity contribution in [2.24, 2.45) is 0 Å². The van der Waals surface area contributed by atoms with E-state index >= 15 is 0 Å². The second-order valence-corrected chi connectivity index (χ2v) is 3.03. The summed E-state index contributed by atoms with van der Waals surface area (Å²) in [6, 6.07) is 0. The minimum atomic E-state index is 0.196. The molecule has 14 heavy (non-hydrogen) atoms. The highest BCUT2D eigenvalue weighted by molar-refractivity contribution is 5.83. The second kappa shape index (κ2) is 8.45. The van der Waals surface area contributed by atoms with Gasteiger partial charge in [0, 0.05) is 6.42 Å². The molecule has 0 aliphatic carbocycles. The van der Waals surface area contributed by atoms with E-state index < -0.39 is 0 Å². The molecule has 0 bridgehead atoms. The molecule has 0 atom stereocenters. The number of hydrogen-bond acceptors (Lipinski definition) is 2. The summed E-state index contributed by atoms with van der Waals surface area (Å²) in [4.78, 5) is 11.3. The molecule has 0 aliphatic rings. The Kier molecular flexibility index (Phi) is 7.75. The van der Waals surface area contributed by atoms with Gasteiger partial charge in [-0.1, -0.05) is 37.8 Å². The topological polar surface area (TPSA) is 29.1 Å². The van der Waals surface area contributed by atoms with Crippen LogP contribution in [0.25, 0.3) is 0 Å². The number of hydrogen-bond donors (Lipinski definition) is 1. The standard InChI is InChI=1S/C12H19NO/c1-4-6-8-11(7-5-2)9-12(14)10-13-3/h5-8,13H,2,4,9-10H2,1,3H3/b8-6-,11-7+. The first-order chi connectivity index (χ1) is 6.74. The molecule has 0 heterocycles. The maximum atomic E-state index is 11.3. The summed E-state index contributed by atoms with van der Waals surface area (Å²) in [5, 5.41) is 2.84. The summed E-state index contributed by atoms with van der Waals surface area (Å²) in [6.07, 6.45) is 9.07. The molecule has 0 saturated carbocycles. The predicted molar refractivity (Wildman–Crippen MR) is 61.3 cm³/mol. The summed E-state index contributed by atoms with van der Waals surface area (Å²) in [6.45, 7) is 6.12. The maximum absolute atomic E-state index is 11.3. The highest BCUT2D eigenvalue weighted by Crippen LogP contribution is 2.05. The van der Waals surface area contributed by atoms with E-state index in [1.165, 1.54) is 0 Å². The average Bonchev–Trinajstić information content (AvgIpc) is 2.15. The van der Waals surface area contributed by atoms with Crippen molar-refractivity contribution in [2.45, 2.75) is 19.8 Å². The highest BCUT2D eigenvalue weighted by atomic mass is 16.1. The molecule has 0 aliphatic heterocycles. The molecular formula is C12H19NO. The van der Waals surface area contributed by atoms with Crippen LogP contribution in [0.3, 0.4) is 0 Å². The first kappa shape index (κ1) is 12.8. The van der Waals surface area contributed by atoms with Gasteiger partial charge in [0.05, 0.1) is 6.54 Å². The maximum Gasteiger partial charge on any atom is 0.150 e. The lowest BCUT2D eigenvalue weighted by molar-refractivity contribution is -0.117. The molecule has 0 fully saturated rings. The zero-order valence-electron chi connectivity index (χ0n) is 9.05. The van der Waals surface area contributed by atoms with Gasteiger partial charge in [0.2, 0.25) is 0 Å².